The second-order valence-corrected chi connectivity index (χ2v) is 3.98. The van der Waals surface area contributed by atoms with Gasteiger partial charge in [0.1, 0.15) is 11.6 Å². The van der Waals surface area contributed by atoms with E-state index in [4.69, 9.17) is 0 Å². The van der Waals surface area contributed by atoms with Crippen molar-refractivity contribution in [3.8, 4) is 0 Å². The van der Waals surface area contributed by atoms with Gasteiger partial charge in [-0.2, -0.15) is 0 Å². The number of fused-ring (bicyclic) bond motifs is 1. The Balaban J connectivity index is 2.41. The average molecular weight is 203 g/mol. The predicted molar refractivity (Wildman–Crippen MR) is 63.1 cm³/mol. The molecule has 15 heavy (non-hydrogen) atoms. The summed E-state index contributed by atoms with van der Waals surface area (Å²) < 4.78 is 0. The average Bonchev–Trinajstić information content (AvgIpc) is 2.64. The van der Waals surface area contributed by atoms with Crippen molar-refractivity contribution in [1.29, 1.82) is 0 Å². The summed E-state index contributed by atoms with van der Waals surface area (Å²) in [5.74, 6) is 1.95. The normalized spacial score (nSPS) is 13.0. The highest BCUT2D eigenvalue weighted by Gasteiger charge is 2.16. The summed E-state index contributed by atoms with van der Waals surface area (Å²) in [7, 11) is 2.09. The standard InChI is InChI=1S/C12H17N3/c1-4-8-15(3)12-10-6-5-7-11(10)13-9(2)14-12/h5-6H,4,7-8H2,1-3H3. The van der Waals surface area contributed by atoms with Gasteiger partial charge in [-0.25, -0.2) is 9.97 Å². The molecule has 80 valence electrons. The molecule has 0 spiro atoms. The lowest BCUT2D eigenvalue weighted by atomic mass is 10.2. The van der Waals surface area contributed by atoms with Gasteiger partial charge in [-0.1, -0.05) is 19.1 Å². The van der Waals surface area contributed by atoms with Crippen molar-refractivity contribution < 1.29 is 0 Å². The van der Waals surface area contributed by atoms with E-state index >= 15 is 0 Å². The van der Waals surface area contributed by atoms with Crippen molar-refractivity contribution in [3.05, 3.63) is 23.2 Å². The number of hydrogen-bond acceptors (Lipinski definition) is 3. The highest BCUT2D eigenvalue weighted by Crippen LogP contribution is 2.26. The first-order valence-corrected chi connectivity index (χ1v) is 5.47. The zero-order valence-corrected chi connectivity index (χ0v) is 9.62. The van der Waals surface area contributed by atoms with Crippen LogP contribution in [-0.2, 0) is 6.42 Å². The Morgan fingerprint density at radius 1 is 1.40 bits per heavy atom. The lowest BCUT2D eigenvalue weighted by Crippen LogP contribution is -2.21. The van der Waals surface area contributed by atoms with Crippen molar-refractivity contribution in [1.82, 2.24) is 9.97 Å². The predicted octanol–water partition coefficient (Wildman–Crippen LogP) is 2.20. The van der Waals surface area contributed by atoms with Gasteiger partial charge in [-0.3, -0.25) is 0 Å². The molecule has 0 saturated carbocycles. The number of hydrogen-bond donors (Lipinski definition) is 0. The molecule has 1 aliphatic carbocycles. The van der Waals surface area contributed by atoms with Gasteiger partial charge in [0, 0.05) is 25.6 Å². The maximum absolute atomic E-state index is 4.53. The minimum Gasteiger partial charge on any atom is -0.359 e. The van der Waals surface area contributed by atoms with Crippen molar-refractivity contribution in [2.24, 2.45) is 0 Å². The first-order valence-electron chi connectivity index (χ1n) is 5.47. The Kier molecular flexibility index (Phi) is 2.71. The first kappa shape index (κ1) is 10.1. The zero-order chi connectivity index (χ0) is 10.8. The third-order valence-corrected chi connectivity index (χ3v) is 2.63. The van der Waals surface area contributed by atoms with E-state index in [0.717, 1.165) is 31.0 Å². The molecular formula is C12H17N3. The Bertz CT molecular complexity index is 396. The summed E-state index contributed by atoms with van der Waals surface area (Å²) in [6.07, 6.45) is 6.38. The molecule has 0 unspecified atom stereocenters. The maximum atomic E-state index is 4.53. The maximum Gasteiger partial charge on any atom is 0.139 e. The van der Waals surface area contributed by atoms with E-state index in [1.54, 1.807) is 0 Å². The van der Waals surface area contributed by atoms with Gasteiger partial charge in [0.25, 0.3) is 0 Å². The van der Waals surface area contributed by atoms with E-state index in [1.165, 1.54) is 11.3 Å². The van der Waals surface area contributed by atoms with Gasteiger partial charge >= 0.3 is 0 Å². The van der Waals surface area contributed by atoms with Gasteiger partial charge in [0.15, 0.2) is 0 Å². The number of rotatable bonds is 3. The molecule has 0 aromatic carbocycles. The number of aromatic nitrogens is 2. The molecule has 0 aliphatic heterocycles. The number of aryl methyl sites for hydroxylation is 1. The zero-order valence-electron chi connectivity index (χ0n) is 9.62. The van der Waals surface area contributed by atoms with Gasteiger partial charge in [0.05, 0.1) is 5.69 Å². The van der Waals surface area contributed by atoms with Crippen LogP contribution in [0.15, 0.2) is 6.08 Å². The molecule has 2 rings (SSSR count). The van der Waals surface area contributed by atoms with E-state index in [-0.39, 0.29) is 0 Å². The molecule has 0 bridgehead atoms. The van der Waals surface area contributed by atoms with E-state index in [2.05, 4.69) is 41.0 Å². The Morgan fingerprint density at radius 2 is 2.20 bits per heavy atom. The molecule has 0 radical (unpaired) electrons. The molecule has 0 saturated heterocycles. The van der Waals surface area contributed by atoms with Gasteiger partial charge in [0.2, 0.25) is 0 Å². The van der Waals surface area contributed by atoms with Crippen LogP contribution in [0.3, 0.4) is 0 Å². The summed E-state index contributed by atoms with van der Waals surface area (Å²) in [6.45, 7) is 5.18. The quantitative estimate of drug-likeness (QED) is 0.754. The smallest absolute Gasteiger partial charge is 0.139 e. The molecular weight excluding hydrogens is 186 g/mol. The molecule has 0 atom stereocenters. The molecule has 3 nitrogen and oxygen atoms in total. The molecule has 0 amide bonds. The second kappa shape index (κ2) is 4.01. The monoisotopic (exact) mass is 203 g/mol. The molecule has 1 aliphatic rings. The van der Waals surface area contributed by atoms with Crippen molar-refractivity contribution in [3.63, 3.8) is 0 Å². The van der Waals surface area contributed by atoms with Crippen LogP contribution in [-0.4, -0.2) is 23.6 Å². The Hall–Kier alpha value is -1.38. The summed E-state index contributed by atoms with van der Waals surface area (Å²) in [4.78, 5) is 11.2. The highest BCUT2D eigenvalue weighted by atomic mass is 15.2. The van der Waals surface area contributed by atoms with Crippen LogP contribution in [0.5, 0.6) is 0 Å². The first-order chi connectivity index (χ1) is 7.22. The van der Waals surface area contributed by atoms with Crippen LogP contribution in [0.4, 0.5) is 5.82 Å². The van der Waals surface area contributed by atoms with Gasteiger partial charge < -0.3 is 4.90 Å². The molecule has 0 N–H and O–H groups in total. The minimum absolute atomic E-state index is 0.871. The summed E-state index contributed by atoms with van der Waals surface area (Å²) in [5, 5.41) is 0. The number of nitrogens with zero attached hydrogens (tertiary/aromatic N) is 3. The van der Waals surface area contributed by atoms with Gasteiger partial charge in [-0.15, -0.1) is 0 Å². The Labute approximate surface area is 90.9 Å². The Morgan fingerprint density at radius 3 is 2.93 bits per heavy atom. The number of anilines is 1. The van der Waals surface area contributed by atoms with Crippen LogP contribution in [0, 0.1) is 6.92 Å². The van der Waals surface area contributed by atoms with Crippen molar-refractivity contribution in [2.45, 2.75) is 26.7 Å². The fourth-order valence-electron chi connectivity index (χ4n) is 1.97. The van der Waals surface area contributed by atoms with Crippen LogP contribution in [0.2, 0.25) is 0 Å². The molecule has 1 aromatic rings. The van der Waals surface area contributed by atoms with Gasteiger partial charge in [-0.05, 0) is 13.3 Å². The van der Waals surface area contributed by atoms with Crippen LogP contribution < -0.4 is 4.90 Å². The fourth-order valence-corrected chi connectivity index (χ4v) is 1.97. The van der Waals surface area contributed by atoms with Crippen LogP contribution >= 0.6 is 0 Å². The summed E-state index contributed by atoms with van der Waals surface area (Å²) in [6, 6.07) is 0. The molecule has 1 aromatic heterocycles. The van der Waals surface area contributed by atoms with Crippen LogP contribution in [0.1, 0.15) is 30.4 Å². The van der Waals surface area contributed by atoms with Crippen molar-refractivity contribution >= 4 is 11.9 Å². The number of allylic oxidation sites excluding steroid dienone is 1. The van der Waals surface area contributed by atoms with E-state index in [1.807, 2.05) is 6.92 Å². The highest BCUT2D eigenvalue weighted by molar-refractivity contribution is 5.69. The third-order valence-electron chi connectivity index (χ3n) is 2.63. The van der Waals surface area contributed by atoms with Crippen LogP contribution in [0.25, 0.3) is 6.08 Å². The SMILES string of the molecule is CCCN(C)c1nc(C)nc2c1C=CC2. The minimum atomic E-state index is 0.871. The lowest BCUT2D eigenvalue weighted by molar-refractivity contribution is 0.823. The topological polar surface area (TPSA) is 29.0 Å². The lowest BCUT2D eigenvalue weighted by Gasteiger charge is -2.20. The summed E-state index contributed by atoms with van der Waals surface area (Å²) in [5.41, 5.74) is 2.37. The fraction of sp³-hybridized carbons (Fsp3) is 0.500. The van der Waals surface area contributed by atoms with E-state index < -0.39 is 0 Å². The molecule has 0 fully saturated rings. The largest absolute Gasteiger partial charge is 0.359 e. The second-order valence-electron chi connectivity index (χ2n) is 3.98. The van der Waals surface area contributed by atoms with E-state index in [9.17, 15) is 0 Å². The summed E-state index contributed by atoms with van der Waals surface area (Å²) >= 11 is 0. The van der Waals surface area contributed by atoms with E-state index in [0.29, 0.717) is 0 Å². The molecule has 3 heteroatoms. The molecule has 1 heterocycles. The third kappa shape index (κ3) is 1.87. The van der Waals surface area contributed by atoms with Crippen molar-refractivity contribution in [2.75, 3.05) is 18.5 Å².